The lowest BCUT2D eigenvalue weighted by Gasteiger charge is -2.12. The van der Waals surface area contributed by atoms with Crippen LogP contribution in [0.2, 0.25) is 5.02 Å². The van der Waals surface area contributed by atoms with E-state index in [4.69, 9.17) is 26.2 Å². The monoisotopic (exact) mass is 433 g/mol. The number of hydrogen-bond donors (Lipinski definition) is 3. The summed E-state index contributed by atoms with van der Waals surface area (Å²) in [6.07, 6.45) is 1.58. The van der Waals surface area contributed by atoms with Crippen molar-refractivity contribution in [2.24, 2.45) is 5.14 Å². The summed E-state index contributed by atoms with van der Waals surface area (Å²) >= 11 is 6.27. The zero-order valence-electron chi connectivity index (χ0n) is 14.9. The standard InChI is InChI=1S/C18H16ClN5O4S/c19-13-4-5-14-17(28-10-27-14)16(13)23-15-6-7-21-18(24-15)22-9-11-2-1-3-12(8-11)29(20,25)26/h1-8H,9-10H2,(H2,20,25,26)(H2,21,22,23,24). The molecule has 0 amide bonds. The molecule has 0 bridgehead atoms. The van der Waals surface area contributed by atoms with Crippen LogP contribution in [0.1, 0.15) is 5.56 Å². The minimum Gasteiger partial charge on any atom is -0.454 e. The molecule has 1 aliphatic heterocycles. The van der Waals surface area contributed by atoms with Crippen LogP contribution in [-0.2, 0) is 16.6 Å². The van der Waals surface area contributed by atoms with Crippen molar-refractivity contribution in [1.29, 1.82) is 0 Å². The predicted octanol–water partition coefficient (Wildman–Crippen LogP) is 2.86. The van der Waals surface area contributed by atoms with Gasteiger partial charge in [-0.3, -0.25) is 0 Å². The van der Waals surface area contributed by atoms with E-state index in [1.54, 1.807) is 36.5 Å². The second kappa shape index (κ2) is 7.74. The molecule has 9 nitrogen and oxygen atoms in total. The number of aromatic nitrogens is 2. The second-order valence-corrected chi connectivity index (χ2v) is 8.06. The number of ether oxygens (including phenoxy) is 2. The summed E-state index contributed by atoms with van der Waals surface area (Å²) in [6, 6.07) is 11.4. The molecule has 29 heavy (non-hydrogen) atoms. The fraction of sp³-hybridized carbons (Fsp3) is 0.111. The molecule has 0 fully saturated rings. The molecule has 0 saturated carbocycles. The fourth-order valence-corrected chi connectivity index (χ4v) is 3.50. The number of rotatable bonds is 6. The maximum atomic E-state index is 11.5. The van der Waals surface area contributed by atoms with Crippen molar-refractivity contribution in [2.75, 3.05) is 17.4 Å². The zero-order chi connectivity index (χ0) is 20.4. The number of nitrogens with two attached hydrogens (primary N) is 1. The number of anilines is 3. The highest BCUT2D eigenvalue weighted by atomic mass is 35.5. The first-order chi connectivity index (χ1) is 13.9. The molecule has 4 N–H and O–H groups in total. The van der Waals surface area contributed by atoms with E-state index in [0.29, 0.717) is 46.1 Å². The van der Waals surface area contributed by atoms with Gasteiger partial charge in [-0.2, -0.15) is 4.98 Å². The van der Waals surface area contributed by atoms with Crippen LogP contribution in [0, 0.1) is 0 Å². The first kappa shape index (κ1) is 19.2. The highest BCUT2D eigenvalue weighted by molar-refractivity contribution is 7.89. The summed E-state index contributed by atoms with van der Waals surface area (Å²) in [5.74, 6) is 1.95. The third kappa shape index (κ3) is 4.34. The van der Waals surface area contributed by atoms with Gasteiger partial charge in [-0.15, -0.1) is 0 Å². The molecular formula is C18H16ClN5O4S. The molecule has 0 radical (unpaired) electrons. The van der Waals surface area contributed by atoms with Gasteiger partial charge in [-0.05, 0) is 35.9 Å². The molecule has 0 unspecified atom stereocenters. The van der Waals surface area contributed by atoms with Gasteiger partial charge in [-0.25, -0.2) is 18.5 Å². The number of fused-ring (bicyclic) bond motifs is 1. The summed E-state index contributed by atoms with van der Waals surface area (Å²) in [7, 11) is -3.76. The number of hydrogen-bond acceptors (Lipinski definition) is 8. The summed E-state index contributed by atoms with van der Waals surface area (Å²) < 4.78 is 33.8. The van der Waals surface area contributed by atoms with E-state index in [0.717, 1.165) is 0 Å². The van der Waals surface area contributed by atoms with Gasteiger partial charge in [0, 0.05) is 12.7 Å². The number of benzene rings is 2. The quantitative estimate of drug-likeness (QED) is 0.541. The number of nitrogens with zero attached hydrogens (tertiary/aromatic N) is 2. The highest BCUT2D eigenvalue weighted by Crippen LogP contribution is 2.44. The number of sulfonamides is 1. The minimum atomic E-state index is -3.76. The Morgan fingerprint density at radius 3 is 2.86 bits per heavy atom. The Balaban J connectivity index is 1.50. The normalized spacial score (nSPS) is 12.6. The Labute approximate surface area is 171 Å². The lowest BCUT2D eigenvalue weighted by molar-refractivity contribution is 0.174. The average molecular weight is 434 g/mol. The van der Waals surface area contributed by atoms with Crippen molar-refractivity contribution in [1.82, 2.24) is 9.97 Å². The summed E-state index contributed by atoms with van der Waals surface area (Å²) in [6.45, 7) is 0.434. The maximum Gasteiger partial charge on any atom is 0.238 e. The molecule has 2 heterocycles. The van der Waals surface area contributed by atoms with Crippen LogP contribution in [0.3, 0.4) is 0 Å². The minimum absolute atomic E-state index is 0.0444. The number of nitrogens with one attached hydrogen (secondary N) is 2. The van der Waals surface area contributed by atoms with Gasteiger partial charge in [0.05, 0.1) is 9.92 Å². The lowest BCUT2D eigenvalue weighted by Crippen LogP contribution is -2.13. The van der Waals surface area contributed by atoms with Crippen molar-refractivity contribution in [3.63, 3.8) is 0 Å². The largest absolute Gasteiger partial charge is 0.454 e. The van der Waals surface area contributed by atoms with E-state index < -0.39 is 10.0 Å². The summed E-state index contributed by atoms with van der Waals surface area (Å²) in [4.78, 5) is 8.60. The van der Waals surface area contributed by atoms with Gasteiger partial charge >= 0.3 is 0 Å². The Morgan fingerprint density at radius 1 is 1.17 bits per heavy atom. The molecule has 0 spiro atoms. The summed E-state index contributed by atoms with van der Waals surface area (Å²) in [5, 5.41) is 11.8. The van der Waals surface area contributed by atoms with Gasteiger partial charge < -0.3 is 20.1 Å². The van der Waals surface area contributed by atoms with Crippen LogP contribution in [0.25, 0.3) is 0 Å². The van der Waals surface area contributed by atoms with Crippen molar-refractivity contribution < 1.29 is 17.9 Å². The van der Waals surface area contributed by atoms with Gasteiger partial charge in [0.15, 0.2) is 11.5 Å². The molecule has 1 aromatic heterocycles. The van der Waals surface area contributed by atoms with Gasteiger partial charge in [0.1, 0.15) is 11.5 Å². The Hall–Kier alpha value is -3.08. The molecular weight excluding hydrogens is 418 g/mol. The van der Waals surface area contributed by atoms with Crippen LogP contribution in [0.4, 0.5) is 17.5 Å². The highest BCUT2D eigenvalue weighted by Gasteiger charge is 2.21. The number of primary sulfonamides is 1. The van der Waals surface area contributed by atoms with E-state index in [-0.39, 0.29) is 11.7 Å². The van der Waals surface area contributed by atoms with Crippen LogP contribution >= 0.6 is 11.6 Å². The third-order valence-corrected chi connectivity index (χ3v) is 5.30. The molecule has 0 atom stereocenters. The molecule has 0 saturated heterocycles. The Bertz CT molecular complexity index is 1170. The summed E-state index contributed by atoms with van der Waals surface area (Å²) in [5.41, 5.74) is 1.26. The Morgan fingerprint density at radius 2 is 2.03 bits per heavy atom. The smallest absolute Gasteiger partial charge is 0.238 e. The molecule has 0 aliphatic carbocycles. The predicted molar refractivity (Wildman–Crippen MR) is 108 cm³/mol. The second-order valence-electron chi connectivity index (χ2n) is 6.09. The van der Waals surface area contributed by atoms with E-state index in [2.05, 4.69) is 20.6 Å². The van der Waals surface area contributed by atoms with E-state index in [1.165, 1.54) is 12.1 Å². The molecule has 1 aliphatic rings. The fourth-order valence-electron chi connectivity index (χ4n) is 2.72. The van der Waals surface area contributed by atoms with Crippen molar-refractivity contribution in [2.45, 2.75) is 11.4 Å². The average Bonchev–Trinajstić information content (AvgIpc) is 3.18. The van der Waals surface area contributed by atoms with Gasteiger partial charge in [0.25, 0.3) is 0 Å². The molecule has 2 aromatic carbocycles. The van der Waals surface area contributed by atoms with Crippen molar-refractivity contribution in [3.8, 4) is 11.5 Å². The molecule has 3 aromatic rings. The van der Waals surface area contributed by atoms with Gasteiger partial charge in [-0.1, -0.05) is 23.7 Å². The van der Waals surface area contributed by atoms with E-state index >= 15 is 0 Å². The Kier molecular flexibility index (Phi) is 5.14. The van der Waals surface area contributed by atoms with E-state index in [1.807, 2.05) is 0 Å². The van der Waals surface area contributed by atoms with Crippen LogP contribution in [-0.4, -0.2) is 25.2 Å². The molecule has 11 heteroatoms. The topological polar surface area (TPSA) is 128 Å². The first-order valence-electron chi connectivity index (χ1n) is 8.44. The molecule has 4 rings (SSSR count). The van der Waals surface area contributed by atoms with Crippen molar-refractivity contribution in [3.05, 3.63) is 59.2 Å². The van der Waals surface area contributed by atoms with E-state index in [9.17, 15) is 8.42 Å². The van der Waals surface area contributed by atoms with Crippen LogP contribution in [0.15, 0.2) is 53.6 Å². The number of halogens is 1. The van der Waals surface area contributed by atoms with Crippen molar-refractivity contribution >= 4 is 39.1 Å². The SMILES string of the molecule is NS(=O)(=O)c1cccc(CNc2nccc(Nc3c(Cl)ccc4c3OCO4)n2)c1. The zero-order valence-corrected chi connectivity index (χ0v) is 16.5. The van der Waals surface area contributed by atoms with Gasteiger partial charge in [0.2, 0.25) is 22.8 Å². The lowest BCUT2D eigenvalue weighted by atomic mass is 10.2. The van der Waals surface area contributed by atoms with Crippen LogP contribution in [0.5, 0.6) is 11.5 Å². The first-order valence-corrected chi connectivity index (χ1v) is 10.4. The molecule has 150 valence electrons. The maximum absolute atomic E-state index is 11.5. The van der Waals surface area contributed by atoms with Crippen LogP contribution < -0.4 is 25.2 Å². The third-order valence-electron chi connectivity index (χ3n) is 4.07.